The SMILES string of the molecule is [CH2-]CC1CCCCC1.[Cl-].[Mg+2]. The molecule has 0 radical (unpaired) electrons. The van der Waals surface area contributed by atoms with Crippen molar-refractivity contribution in [2.45, 2.75) is 38.5 Å². The maximum absolute atomic E-state index is 3.91. The Morgan fingerprint density at radius 2 is 1.60 bits per heavy atom. The molecule has 0 unspecified atom stereocenters. The van der Waals surface area contributed by atoms with E-state index in [4.69, 9.17) is 0 Å². The van der Waals surface area contributed by atoms with Crippen LogP contribution in [0.25, 0.3) is 0 Å². The Bertz CT molecular complexity index is 60.3. The molecule has 0 aromatic heterocycles. The van der Waals surface area contributed by atoms with E-state index in [2.05, 4.69) is 6.92 Å². The summed E-state index contributed by atoms with van der Waals surface area (Å²) in [7, 11) is 0. The van der Waals surface area contributed by atoms with Crippen LogP contribution in [0.5, 0.6) is 0 Å². The zero-order chi connectivity index (χ0) is 5.82. The molecule has 56 valence electrons. The van der Waals surface area contributed by atoms with Gasteiger partial charge in [-0.1, -0.05) is 38.0 Å². The number of hydrogen-bond donors (Lipinski definition) is 0. The Hall–Kier alpha value is 1.06. The normalized spacial score (nSPS) is 18.9. The monoisotopic (exact) mass is 170 g/mol. The molecule has 1 saturated carbocycles. The van der Waals surface area contributed by atoms with Crippen LogP contribution in [0, 0.1) is 12.8 Å². The van der Waals surface area contributed by atoms with Gasteiger partial charge in [-0.05, 0) is 0 Å². The summed E-state index contributed by atoms with van der Waals surface area (Å²) < 4.78 is 0. The Balaban J connectivity index is 0. The molecule has 10 heavy (non-hydrogen) atoms. The average molecular weight is 171 g/mol. The number of hydrogen-bond acceptors (Lipinski definition) is 0. The molecule has 0 aromatic carbocycles. The summed E-state index contributed by atoms with van der Waals surface area (Å²) in [4.78, 5) is 0. The first-order valence-electron chi connectivity index (χ1n) is 3.72. The Morgan fingerprint density at radius 1 is 1.10 bits per heavy atom. The maximum atomic E-state index is 3.91. The van der Waals surface area contributed by atoms with Crippen LogP contribution in [0.15, 0.2) is 0 Å². The molecule has 1 aliphatic carbocycles. The van der Waals surface area contributed by atoms with Gasteiger partial charge in [0.05, 0.1) is 0 Å². The fourth-order valence-electron chi connectivity index (χ4n) is 1.48. The number of rotatable bonds is 1. The minimum absolute atomic E-state index is 0. The zero-order valence-corrected chi connectivity index (χ0v) is 8.78. The largest absolute Gasteiger partial charge is 2.00 e. The van der Waals surface area contributed by atoms with Gasteiger partial charge in [0, 0.05) is 0 Å². The van der Waals surface area contributed by atoms with Crippen LogP contribution in [-0.2, 0) is 0 Å². The van der Waals surface area contributed by atoms with Crippen LogP contribution >= 0.6 is 0 Å². The molecule has 0 aliphatic heterocycles. The van der Waals surface area contributed by atoms with Gasteiger partial charge in [-0.2, -0.15) is 6.42 Å². The van der Waals surface area contributed by atoms with Crippen LogP contribution in [0.1, 0.15) is 38.5 Å². The molecule has 0 atom stereocenters. The molecule has 0 spiro atoms. The minimum Gasteiger partial charge on any atom is -1.00 e. The second kappa shape index (κ2) is 8.16. The summed E-state index contributed by atoms with van der Waals surface area (Å²) in [5.41, 5.74) is 0. The van der Waals surface area contributed by atoms with E-state index in [0.717, 1.165) is 5.92 Å². The maximum Gasteiger partial charge on any atom is 2.00 e. The fraction of sp³-hybridized carbons (Fsp3) is 0.875. The van der Waals surface area contributed by atoms with Crippen LogP contribution in [-0.4, -0.2) is 23.1 Å². The third-order valence-electron chi connectivity index (χ3n) is 2.13. The summed E-state index contributed by atoms with van der Waals surface area (Å²) in [6.07, 6.45) is 8.45. The van der Waals surface area contributed by atoms with E-state index in [1.165, 1.54) is 38.5 Å². The molecule has 0 aromatic rings. The smallest absolute Gasteiger partial charge is 1.00 e. The summed E-state index contributed by atoms with van der Waals surface area (Å²) in [5.74, 6) is 0.976. The van der Waals surface area contributed by atoms with E-state index in [0.29, 0.717) is 0 Å². The standard InChI is InChI=1S/C8H15.ClH.Mg/c1-2-8-6-4-3-5-7-8;;/h8H,1-7H2;1H;/q-1;;+2/p-1. The molecule has 1 rings (SSSR count). The van der Waals surface area contributed by atoms with Gasteiger partial charge >= 0.3 is 23.1 Å². The summed E-state index contributed by atoms with van der Waals surface area (Å²) in [6, 6.07) is 0. The second-order valence-electron chi connectivity index (χ2n) is 2.79. The van der Waals surface area contributed by atoms with Crippen molar-refractivity contribution in [1.82, 2.24) is 0 Å². The summed E-state index contributed by atoms with van der Waals surface area (Å²) >= 11 is 0. The van der Waals surface area contributed by atoms with E-state index in [9.17, 15) is 0 Å². The van der Waals surface area contributed by atoms with Gasteiger partial charge in [0.2, 0.25) is 0 Å². The molecule has 0 amide bonds. The van der Waals surface area contributed by atoms with Crippen molar-refractivity contribution in [3.05, 3.63) is 6.92 Å². The molecule has 1 fully saturated rings. The summed E-state index contributed by atoms with van der Waals surface area (Å²) in [5, 5.41) is 0. The molecule has 0 saturated heterocycles. The topological polar surface area (TPSA) is 0 Å². The first kappa shape index (κ1) is 13.6. The second-order valence-corrected chi connectivity index (χ2v) is 2.79. The third kappa shape index (κ3) is 4.81. The minimum atomic E-state index is 0. The predicted molar refractivity (Wildman–Crippen MR) is 42.3 cm³/mol. The van der Waals surface area contributed by atoms with Crippen LogP contribution < -0.4 is 12.4 Å². The third-order valence-corrected chi connectivity index (χ3v) is 2.13. The first-order chi connectivity index (χ1) is 3.93. The van der Waals surface area contributed by atoms with E-state index in [1.807, 2.05) is 0 Å². The van der Waals surface area contributed by atoms with Crippen molar-refractivity contribution in [3.8, 4) is 0 Å². The quantitative estimate of drug-likeness (QED) is 0.365. The van der Waals surface area contributed by atoms with Crippen molar-refractivity contribution < 1.29 is 12.4 Å². The van der Waals surface area contributed by atoms with Crippen molar-refractivity contribution in [2.24, 2.45) is 5.92 Å². The van der Waals surface area contributed by atoms with Crippen molar-refractivity contribution in [1.29, 1.82) is 0 Å². The van der Waals surface area contributed by atoms with E-state index >= 15 is 0 Å². The van der Waals surface area contributed by atoms with Gasteiger partial charge in [0.25, 0.3) is 0 Å². The molecule has 0 N–H and O–H groups in total. The average Bonchev–Trinajstić information content (AvgIpc) is 1.90. The van der Waals surface area contributed by atoms with Crippen LogP contribution in [0.2, 0.25) is 0 Å². The van der Waals surface area contributed by atoms with Crippen molar-refractivity contribution >= 4 is 23.1 Å². The molecular formula is C8H15ClMg. The zero-order valence-electron chi connectivity index (χ0n) is 6.61. The Labute approximate surface area is 86.7 Å². The van der Waals surface area contributed by atoms with Crippen molar-refractivity contribution in [3.63, 3.8) is 0 Å². The number of halogens is 1. The molecule has 0 bridgehead atoms. The molecule has 0 nitrogen and oxygen atoms in total. The van der Waals surface area contributed by atoms with Gasteiger partial charge in [0.15, 0.2) is 0 Å². The van der Waals surface area contributed by atoms with Crippen LogP contribution in [0.4, 0.5) is 0 Å². The van der Waals surface area contributed by atoms with E-state index in [-0.39, 0.29) is 35.5 Å². The molecular weight excluding hydrogens is 156 g/mol. The van der Waals surface area contributed by atoms with E-state index < -0.39 is 0 Å². The Morgan fingerprint density at radius 3 is 1.90 bits per heavy atom. The molecule has 2 heteroatoms. The first-order valence-corrected chi connectivity index (χ1v) is 3.72. The molecule has 0 heterocycles. The van der Waals surface area contributed by atoms with Gasteiger partial charge in [0.1, 0.15) is 0 Å². The van der Waals surface area contributed by atoms with Gasteiger partial charge in [-0.3, -0.25) is 0 Å². The van der Waals surface area contributed by atoms with Gasteiger partial charge in [-0.25, -0.2) is 0 Å². The van der Waals surface area contributed by atoms with Gasteiger partial charge in [-0.15, -0.1) is 0 Å². The fourth-order valence-corrected chi connectivity index (χ4v) is 1.48. The van der Waals surface area contributed by atoms with Gasteiger partial charge < -0.3 is 19.3 Å². The van der Waals surface area contributed by atoms with Crippen molar-refractivity contribution in [2.75, 3.05) is 0 Å². The molecule has 1 aliphatic rings. The van der Waals surface area contributed by atoms with Crippen LogP contribution in [0.3, 0.4) is 0 Å². The Kier molecular flexibility index (Phi) is 11.1. The summed E-state index contributed by atoms with van der Waals surface area (Å²) in [6.45, 7) is 3.91. The predicted octanol–water partition coefficient (Wildman–Crippen LogP) is -0.586. The van der Waals surface area contributed by atoms with E-state index in [1.54, 1.807) is 0 Å².